The molecule has 0 bridgehead atoms. The van der Waals surface area contributed by atoms with E-state index in [9.17, 15) is 4.39 Å². The third-order valence-corrected chi connectivity index (χ3v) is 7.08. The summed E-state index contributed by atoms with van der Waals surface area (Å²) in [5, 5.41) is 0. The van der Waals surface area contributed by atoms with Crippen molar-refractivity contribution < 1.29 is 4.39 Å². The van der Waals surface area contributed by atoms with Crippen molar-refractivity contribution in [3.63, 3.8) is 0 Å². The molecule has 0 radical (unpaired) electrons. The molecule has 1 aliphatic rings. The Kier molecular flexibility index (Phi) is 4.33. The lowest BCUT2D eigenvalue weighted by Gasteiger charge is -2.33. The molecule has 0 saturated heterocycles. The highest BCUT2D eigenvalue weighted by Crippen LogP contribution is 2.38. The molecule has 0 aromatic heterocycles. The third kappa shape index (κ3) is 2.41. The molecule has 0 heterocycles. The fourth-order valence-electron chi connectivity index (χ4n) is 1.31. The van der Waals surface area contributed by atoms with E-state index < -0.39 is 0 Å². The Labute approximate surface area is 91.7 Å². The largest absolute Gasteiger partial charge is 0.251 e. The summed E-state index contributed by atoms with van der Waals surface area (Å²) in [5.41, 5.74) is 0. The van der Waals surface area contributed by atoms with Crippen molar-refractivity contribution in [1.29, 1.82) is 0 Å². The van der Waals surface area contributed by atoms with Crippen LogP contribution in [0.4, 0.5) is 4.39 Å². The van der Waals surface area contributed by atoms with Gasteiger partial charge in [0.25, 0.3) is 0 Å². The Bertz CT molecular complexity index is 129. The quantitative estimate of drug-likeness (QED) is 0.632. The van der Waals surface area contributed by atoms with Crippen LogP contribution in [-0.4, -0.2) is 21.2 Å². The average molecular weight is 353 g/mol. The summed E-state index contributed by atoms with van der Waals surface area (Å²) in [5.74, 6) is 0.188. The maximum atomic E-state index is 12.4. The highest BCUT2D eigenvalue weighted by atomic mass is 79.9. The summed E-state index contributed by atoms with van der Waals surface area (Å²) in [6.07, 6.45) is 2.04. The standard InChI is InChI=1S/C7H10Br3F/c8-5-2-1-4(3-11)6(9)7(5)10/h4-7H,1-3H2. The van der Waals surface area contributed by atoms with E-state index in [1.807, 2.05) is 0 Å². The van der Waals surface area contributed by atoms with E-state index in [4.69, 9.17) is 0 Å². The SMILES string of the molecule is FCC1CCC(Br)C(Br)C1Br. The van der Waals surface area contributed by atoms with Crippen LogP contribution in [-0.2, 0) is 0 Å². The molecule has 0 spiro atoms. The second kappa shape index (κ2) is 4.56. The molecule has 0 aliphatic heterocycles. The number of hydrogen-bond donors (Lipinski definition) is 0. The minimum Gasteiger partial charge on any atom is -0.251 e. The van der Waals surface area contributed by atoms with Gasteiger partial charge in [-0.25, -0.2) is 0 Å². The Morgan fingerprint density at radius 3 is 2.27 bits per heavy atom. The normalized spacial score (nSPS) is 45.8. The third-order valence-electron chi connectivity index (χ3n) is 2.11. The smallest absolute Gasteiger partial charge is 0.0933 e. The molecule has 66 valence electrons. The average Bonchev–Trinajstić information content (AvgIpc) is 2.01. The molecule has 0 N–H and O–H groups in total. The fraction of sp³-hybridized carbons (Fsp3) is 1.00. The number of rotatable bonds is 1. The van der Waals surface area contributed by atoms with Crippen LogP contribution in [0.25, 0.3) is 0 Å². The second-order valence-electron chi connectivity index (χ2n) is 2.90. The van der Waals surface area contributed by atoms with Gasteiger partial charge in [0.15, 0.2) is 0 Å². The number of alkyl halides is 4. The van der Waals surface area contributed by atoms with E-state index in [-0.39, 0.29) is 17.4 Å². The van der Waals surface area contributed by atoms with Gasteiger partial charge in [-0.05, 0) is 12.8 Å². The first-order valence-electron chi connectivity index (χ1n) is 3.65. The van der Waals surface area contributed by atoms with Gasteiger partial charge in [0.05, 0.1) is 6.67 Å². The van der Waals surface area contributed by atoms with Gasteiger partial charge in [-0.15, -0.1) is 0 Å². The van der Waals surface area contributed by atoms with Crippen LogP contribution in [0.2, 0.25) is 0 Å². The number of hydrogen-bond acceptors (Lipinski definition) is 0. The molecular weight excluding hydrogens is 343 g/mol. The Hall–Kier alpha value is 1.37. The van der Waals surface area contributed by atoms with Gasteiger partial charge < -0.3 is 0 Å². The lowest BCUT2D eigenvalue weighted by atomic mass is 9.90. The van der Waals surface area contributed by atoms with Gasteiger partial charge in [-0.2, -0.15) is 0 Å². The summed E-state index contributed by atoms with van der Waals surface area (Å²) < 4.78 is 12.4. The minimum absolute atomic E-state index is 0.188. The van der Waals surface area contributed by atoms with Crippen molar-refractivity contribution in [3.8, 4) is 0 Å². The zero-order chi connectivity index (χ0) is 8.43. The second-order valence-corrected chi connectivity index (χ2v) is 6.19. The van der Waals surface area contributed by atoms with Crippen LogP contribution in [0.15, 0.2) is 0 Å². The van der Waals surface area contributed by atoms with Gasteiger partial charge >= 0.3 is 0 Å². The molecule has 1 aliphatic carbocycles. The molecular formula is C7H10Br3F. The lowest BCUT2D eigenvalue weighted by molar-refractivity contribution is 0.303. The summed E-state index contributed by atoms with van der Waals surface area (Å²) in [6, 6.07) is 0. The molecule has 4 heteroatoms. The molecule has 4 unspecified atom stereocenters. The summed E-state index contributed by atoms with van der Waals surface area (Å²) >= 11 is 10.6. The van der Waals surface area contributed by atoms with E-state index in [2.05, 4.69) is 47.8 Å². The van der Waals surface area contributed by atoms with Crippen LogP contribution in [0.1, 0.15) is 12.8 Å². The fourth-order valence-corrected chi connectivity index (χ4v) is 3.79. The summed E-state index contributed by atoms with van der Waals surface area (Å²) in [7, 11) is 0. The lowest BCUT2D eigenvalue weighted by Crippen LogP contribution is -2.37. The first-order valence-corrected chi connectivity index (χ1v) is 6.39. The first-order chi connectivity index (χ1) is 5.16. The maximum Gasteiger partial charge on any atom is 0.0933 e. The van der Waals surface area contributed by atoms with Crippen LogP contribution >= 0.6 is 47.8 Å². The van der Waals surface area contributed by atoms with Crippen molar-refractivity contribution in [2.45, 2.75) is 27.3 Å². The molecule has 1 fully saturated rings. The van der Waals surface area contributed by atoms with E-state index in [1.54, 1.807) is 0 Å². The molecule has 11 heavy (non-hydrogen) atoms. The van der Waals surface area contributed by atoms with Crippen LogP contribution < -0.4 is 0 Å². The van der Waals surface area contributed by atoms with E-state index in [1.165, 1.54) is 0 Å². The summed E-state index contributed by atoms with van der Waals surface area (Å²) in [4.78, 5) is 1.11. The van der Waals surface area contributed by atoms with Crippen molar-refractivity contribution in [2.24, 2.45) is 5.92 Å². The molecule has 4 atom stereocenters. The van der Waals surface area contributed by atoms with Crippen molar-refractivity contribution in [1.82, 2.24) is 0 Å². The number of halogens is 4. The van der Waals surface area contributed by atoms with E-state index in [0.717, 1.165) is 12.8 Å². The molecule has 1 rings (SSSR count). The predicted octanol–water partition coefficient (Wildman–Crippen LogP) is 3.66. The molecule has 0 aromatic carbocycles. The van der Waals surface area contributed by atoms with Gasteiger partial charge in [0.2, 0.25) is 0 Å². The summed E-state index contributed by atoms with van der Waals surface area (Å²) in [6.45, 7) is -0.211. The monoisotopic (exact) mass is 350 g/mol. The van der Waals surface area contributed by atoms with Gasteiger partial charge in [-0.1, -0.05) is 47.8 Å². The molecule has 0 nitrogen and oxygen atoms in total. The van der Waals surface area contributed by atoms with Gasteiger partial charge in [0.1, 0.15) is 0 Å². The van der Waals surface area contributed by atoms with Crippen LogP contribution in [0.5, 0.6) is 0 Å². The topological polar surface area (TPSA) is 0 Å². The minimum atomic E-state index is -0.211. The zero-order valence-electron chi connectivity index (χ0n) is 5.94. The maximum absolute atomic E-state index is 12.4. The van der Waals surface area contributed by atoms with Gasteiger partial charge in [-0.3, -0.25) is 4.39 Å². The van der Waals surface area contributed by atoms with Crippen molar-refractivity contribution in [3.05, 3.63) is 0 Å². The predicted molar refractivity (Wildman–Crippen MR) is 56.8 cm³/mol. The van der Waals surface area contributed by atoms with Crippen molar-refractivity contribution in [2.75, 3.05) is 6.67 Å². The Balaban J connectivity index is 2.52. The Morgan fingerprint density at radius 2 is 1.73 bits per heavy atom. The highest BCUT2D eigenvalue weighted by Gasteiger charge is 2.34. The Morgan fingerprint density at radius 1 is 1.09 bits per heavy atom. The molecule has 0 amide bonds. The van der Waals surface area contributed by atoms with Crippen LogP contribution in [0.3, 0.4) is 0 Å². The molecule has 1 saturated carbocycles. The van der Waals surface area contributed by atoms with Crippen molar-refractivity contribution >= 4 is 47.8 Å². The first kappa shape index (κ1) is 10.5. The van der Waals surface area contributed by atoms with E-state index in [0.29, 0.717) is 9.65 Å². The van der Waals surface area contributed by atoms with Gasteiger partial charge in [0, 0.05) is 20.4 Å². The highest BCUT2D eigenvalue weighted by molar-refractivity contribution is 9.13. The van der Waals surface area contributed by atoms with Crippen LogP contribution in [0, 0.1) is 5.92 Å². The molecule has 0 aromatic rings. The zero-order valence-corrected chi connectivity index (χ0v) is 10.7. The van der Waals surface area contributed by atoms with E-state index >= 15 is 0 Å².